The Hall–Kier alpha value is -3.22. The van der Waals surface area contributed by atoms with Gasteiger partial charge in [-0.05, 0) is 48.5 Å². The van der Waals surface area contributed by atoms with Gasteiger partial charge in [-0.25, -0.2) is 4.98 Å². The van der Waals surface area contributed by atoms with Gasteiger partial charge in [-0.3, -0.25) is 0 Å². The Morgan fingerprint density at radius 2 is 1.46 bits per heavy atom. The molecule has 0 aliphatic heterocycles. The first kappa shape index (κ1) is 18.2. The second-order valence-electron chi connectivity index (χ2n) is 5.82. The summed E-state index contributed by atoms with van der Waals surface area (Å²) in [6.07, 6.45) is 0. The summed E-state index contributed by atoms with van der Waals surface area (Å²) in [7, 11) is 0. The molecule has 0 unspecified atom stereocenters. The molecule has 0 saturated carbocycles. The van der Waals surface area contributed by atoms with Crippen molar-refractivity contribution in [1.29, 1.82) is 0 Å². The highest BCUT2D eigenvalue weighted by Crippen LogP contribution is 2.37. The van der Waals surface area contributed by atoms with Gasteiger partial charge in [0.1, 0.15) is 17.2 Å². The average Bonchev–Trinajstić information content (AvgIpc) is 3.10. The lowest BCUT2D eigenvalue weighted by Gasteiger charge is -2.05. The van der Waals surface area contributed by atoms with Crippen LogP contribution in [0.1, 0.15) is 0 Å². The number of anilines is 1. The van der Waals surface area contributed by atoms with Crippen molar-refractivity contribution >= 4 is 38.8 Å². The van der Waals surface area contributed by atoms with Gasteiger partial charge in [-0.2, -0.15) is 0 Å². The van der Waals surface area contributed by atoms with E-state index in [1.807, 2.05) is 66.7 Å². The third-order valence-corrected chi connectivity index (χ3v) is 4.84. The number of halogens is 1. The number of rotatable bonds is 5. The molecule has 28 heavy (non-hydrogen) atoms. The molecule has 0 radical (unpaired) electrons. The van der Waals surface area contributed by atoms with Gasteiger partial charge >= 0.3 is 0 Å². The topological polar surface area (TPSA) is 72.9 Å². The first-order valence-electron chi connectivity index (χ1n) is 8.44. The number of nitrogens with zero attached hydrogens (tertiary/aromatic N) is 3. The van der Waals surface area contributed by atoms with Gasteiger partial charge in [0.15, 0.2) is 10.1 Å². The summed E-state index contributed by atoms with van der Waals surface area (Å²) in [5.41, 5.74) is 8.26. The van der Waals surface area contributed by atoms with E-state index in [1.165, 1.54) is 11.3 Å². The fourth-order valence-electron chi connectivity index (χ4n) is 2.50. The third kappa shape index (κ3) is 4.36. The highest BCUT2D eigenvalue weighted by molar-refractivity contribution is 7.19. The molecule has 0 bridgehead atoms. The summed E-state index contributed by atoms with van der Waals surface area (Å²) in [4.78, 5) is 4.37. The number of benzene rings is 3. The van der Waals surface area contributed by atoms with Crippen molar-refractivity contribution in [3.05, 3.63) is 83.9 Å². The summed E-state index contributed by atoms with van der Waals surface area (Å²) in [5.74, 6) is 1.42. The summed E-state index contributed by atoms with van der Waals surface area (Å²) in [5, 5.41) is 10.4. The fraction of sp³-hybridized carbons (Fsp3) is 0. The normalized spacial score (nSPS) is 11.0. The number of nitrogen functional groups attached to an aromatic ring is 1. The quantitative estimate of drug-likeness (QED) is 0.354. The van der Waals surface area contributed by atoms with Crippen LogP contribution in [0.5, 0.6) is 11.5 Å². The fourth-order valence-corrected chi connectivity index (χ4v) is 3.31. The Morgan fingerprint density at radius 1 is 0.821 bits per heavy atom. The van der Waals surface area contributed by atoms with Crippen LogP contribution < -0.4 is 10.5 Å². The van der Waals surface area contributed by atoms with Gasteiger partial charge in [0, 0.05) is 10.6 Å². The lowest BCUT2D eigenvalue weighted by atomic mass is 10.2. The Bertz CT molecular complexity index is 1090. The van der Waals surface area contributed by atoms with Crippen LogP contribution >= 0.6 is 22.9 Å². The van der Waals surface area contributed by atoms with E-state index in [1.54, 1.807) is 12.1 Å². The summed E-state index contributed by atoms with van der Waals surface area (Å²) in [6, 6.07) is 24.3. The van der Waals surface area contributed by atoms with Crippen molar-refractivity contribution in [1.82, 2.24) is 4.98 Å². The first-order valence-corrected chi connectivity index (χ1v) is 9.64. The minimum Gasteiger partial charge on any atom is -0.457 e. The van der Waals surface area contributed by atoms with Crippen LogP contribution in [-0.2, 0) is 0 Å². The zero-order valence-corrected chi connectivity index (χ0v) is 16.2. The van der Waals surface area contributed by atoms with E-state index in [-0.39, 0.29) is 0 Å². The summed E-state index contributed by atoms with van der Waals surface area (Å²) < 4.78 is 5.78. The van der Waals surface area contributed by atoms with Crippen LogP contribution in [0.15, 0.2) is 89.1 Å². The van der Waals surface area contributed by atoms with Crippen molar-refractivity contribution < 1.29 is 4.74 Å². The van der Waals surface area contributed by atoms with E-state index in [2.05, 4.69) is 15.2 Å². The third-order valence-electron chi connectivity index (χ3n) is 3.82. The Kier molecular flexibility index (Phi) is 5.32. The number of hydrogen-bond acceptors (Lipinski definition) is 6. The maximum absolute atomic E-state index is 5.88. The Labute approximate surface area is 171 Å². The first-order chi connectivity index (χ1) is 13.7. The van der Waals surface area contributed by atoms with Crippen molar-refractivity contribution in [2.45, 2.75) is 0 Å². The lowest BCUT2D eigenvalue weighted by molar-refractivity contribution is 0.483. The van der Waals surface area contributed by atoms with Crippen molar-refractivity contribution in [3.8, 4) is 22.8 Å². The highest BCUT2D eigenvalue weighted by Gasteiger charge is 2.11. The molecule has 0 spiro atoms. The number of thiazole rings is 1. The SMILES string of the molecule is Nc1nc(-c2ccccc2)c(N=Nc2ccc(Oc3ccc(Cl)cc3)cc2)s1. The highest BCUT2D eigenvalue weighted by atomic mass is 35.5. The predicted octanol–water partition coefficient (Wildman–Crippen LogP) is 7.25. The Balaban J connectivity index is 1.50. The molecule has 5 nitrogen and oxygen atoms in total. The van der Waals surface area contributed by atoms with Gasteiger partial charge in [-0.15, -0.1) is 10.2 Å². The minimum absolute atomic E-state index is 0.458. The Morgan fingerprint density at radius 3 is 2.14 bits per heavy atom. The van der Waals surface area contributed by atoms with Gasteiger partial charge in [-0.1, -0.05) is 53.3 Å². The molecule has 7 heteroatoms. The van der Waals surface area contributed by atoms with Gasteiger partial charge < -0.3 is 10.5 Å². The van der Waals surface area contributed by atoms with Crippen molar-refractivity contribution in [3.63, 3.8) is 0 Å². The van der Waals surface area contributed by atoms with E-state index in [0.717, 1.165) is 11.3 Å². The van der Waals surface area contributed by atoms with Crippen molar-refractivity contribution in [2.24, 2.45) is 10.2 Å². The maximum atomic E-state index is 5.88. The largest absolute Gasteiger partial charge is 0.457 e. The monoisotopic (exact) mass is 406 g/mol. The standard InChI is InChI=1S/C21H15ClN4OS/c22-15-6-10-17(11-7-15)27-18-12-8-16(9-13-18)25-26-20-19(24-21(23)28-20)14-4-2-1-3-5-14/h1-13H,(H2,23,24). The number of azo groups is 1. The van der Waals surface area contributed by atoms with Crippen LogP contribution in [0.25, 0.3) is 11.3 Å². The molecule has 3 aromatic carbocycles. The van der Waals surface area contributed by atoms with Gasteiger partial charge in [0.2, 0.25) is 0 Å². The molecule has 0 amide bonds. The summed E-state index contributed by atoms with van der Waals surface area (Å²) >= 11 is 7.19. The molecule has 0 fully saturated rings. The van der Waals surface area contributed by atoms with E-state index >= 15 is 0 Å². The summed E-state index contributed by atoms with van der Waals surface area (Å²) in [6.45, 7) is 0. The van der Waals surface area contributed by atoms with E-state index < -0.39 is 0 Å². The average molecular weight is 407 g/mol. The molecular weight excluding hydrogens is 392 g/mol. The van der Waals surface area contributed by atoms with E-state index in [4.69, 9.17) is 22.1 Å². The maximum Gasteiger partial charge on any atom is 0.182 e. The zero-order chi connectivity index (χ0) is 19.3. The van der Waals surface area contributed by atoms with E-state index in [0.29, 0.717) is 32.3 Å². The smallest absolute Gasteiger partial charge is 0.182 e. The molecule has 4 aromatic rings. The minimum atomic E-state index is 0.458. The van der Waals surface area contributed by atoms with Crippen LogP contribution in [0.2, 0.25) is 5.02 Å². The number of nitrogens with two attached hydrogens (primary N) is 1. The zero-order valence-electron chi connectivity index (χ0n) is 14.6. The second kappa shape index (κ2) is 8.21. The molecule has 1 heterocycles. The van der Waals surface area contributed by atoms with Gasteiger partial charge in [0.25, 0.3) is 0 Å². The molecule has 2 N–H and O–H groups in total. The van der Waals surface area contributed by atoms with Gasteiger partial charge in [0.05, 0.1) is 5.69 Å². The number of ether oxygens (including phenoxy) is 1. The van der Waals surface area contributed by atoms with Crippen LogP contribution in [-0.4, -0.2) is 4.98 Å². The molecule has 0 saturated heterocycles. The predicted molar refractivity (Wildman–Crippen MR) is 114 cm³/mol. The molecular formula is C21H15ClN4OS. The molecule has 0 atom stereocenters. The van der Waals surface area contributed by atoms with E-state index in [9.17, 15) is 0 Å². The molecule has 1 aromatic heterocycles. The van der Waals surface area contributed by atoms with Crippen molar-refractivity contribution in [2.75, 3.05) is 5.73 Å². The number of aromatic nitrogens is 1. The van der Waals surface area contributed by atoms with Crippen LogP contribution in [0.4, 0.5) is 15.8 Å². The lowest BCUT2D eigenvalue weighted by Crippen LogP contribution is -1.82. The molecule has 4 rings (SSSR count). The van der Waals surface area contributed by atoms with Crippen LogP contribution in [0.3, 0.4) is 0 Å². The molecule has 0 aliphatic rings. The van der Waals surface area contributed by atoms with Crippen LogP contribution in [0, 0.1) is 0 Å². The second-order valence-corrected chi connectivity index (χ2v) is 7.27. The number of hydrogen-bond donors (Lipinski definition) is 1. The molecule has 138 valence electrons. The molecule has 0 aliphatic carbocycles.